The maximum absolute atomic E-state index is 11.6. The monoisotopic (exact) mass is 534 g/mol. The number of nitrogens with zero attached hydrogens (tertiary/aromatic N) is 6. The zero-order chi connectivity index (χ0) is 26.9. The molecule has 10 nitrogen and oxygen atoms in total. The van der Waals surface area contributed by atoms with Gasteiger partial charge >= 0.3 is 0 Å². The zero-order valence-electron chi connectivity index (χ0n) is 22.1. The van der Waals surface area contributed by atoms with Gasteiger partial charge in [-0.3, -0.25) is 0 Å². The lowest BCUT2D eigenvalue weighted by molar-refractivity contribution is -0.0570. The van der Waals surface area contributed by atoms with Crippen LogP contribution in [0.5, 0.6) is 0 Å². The summed E-state index contributed by atoms with van der Waals surface area (Å²) >= 11 is 0. The summed E-state index contributed by atoms with van der Waals surface area (Å²) in [4.78, 5) is 3.33. The summed E-state index contributed by atoms with van der Waals surface area (Å²) in [6.07, 6.45) is 3.58. The number of hydrogen-bond acceptors (Lipinski definition) is 8. The van der Waals surface area contributed by atoms with Crippen LogP contribution in [0.2, 0.25) is 0 Å². The largest absolute Gasteiger partial charge is 0.396 e. The van der Waals surface area contributed by atoms with Crippen molar-refractivity contribution in [3.05, 3.63) is 48.5 Å². The third kappa shape index (κ3) is 5.30. The third-order valence-electron chi connectivity index (χ3n) is 9.05. The van der Waals surface area contributed by atoms with Gasteiger partial charge in [-0.15, -0.1) is 0 Å². The maximum Gasteiger partial charge on any atom is 0.113 e. The first-order valence-electron chi connectivity index (χ1n) is 14.2. The third-order valence-corrected chi connectivity index (χ3v) is 9.05. The van der Waals surface area contributed by atoms with Gasteiger partial charge in [0.1, 0.15) is 22.1 Å². The highest BCUT2D eigenvalue weighted by Crippen LogP contribution is 2.46. The molecule has 0 aliphatic heterocycles. The van der Waals surface area contributed by atoms with E-state index >= 15 is 0 Å². The quantitative estimate of drug-likeness (QED) is 0.270. The molecule has 2 aromatic carbocycles. The minimum atomic E-state index is -0.670. The van der Waals surface area contributed by atoms with Crippen molar-refractivity contribution >= 4 is 22.1 Å². The van der Waals surface area contributed by atoms with E-state index in [1.54, 1.807) is 9.59 Å². The van der Waals surface area contributed by atoms with Crippen LogP contribution < -0.4 is 0 Å². The van der Waals surface area contributed by atoms with E-state index in [-0.39, 0.29) is 49.0 Å². The lowest BCUT2D eigenvalue weighted by atomic mass is 9.67. The van der Waals surface area contributed by atoms with E-state index in [4.69, 9.17) is 0 Å². The average molecular weight is 535 g/mol. The molecule has 10 heteroatoms. The summed E-state index contributed by atoms with van der Waals surface area (Å²) in [5.74, 6) is 0.301. The fraction of sp³-hybridized carbons (Fsp3) is 0.586. The zero-order valence-corrected chi connectivity index (χ0v) is 22.1. The Morgan fingerprint density at radius 3 is 1.28 bits per heavy atom. The number of aromatic nitrogens is 6. The van der Waals surface area contributed by atoms with Gasteiger partial charge in [0.05, 0.1) is 24.3 Å². The Morgan fingerprint density at radius 2 is 0.949 bits per heavy atom. The predicted octanol–water partition coefficient (Wildman–Crippen LogP) is 2.89. The van der Waals surface area contributed by atoms with Crippen LogP contribution in [0.15, 0.2) is 48.5 Å². The molecule has 6 rings (SSSR count). The van der Waals surface area contributed by atoms with Gasteiger partial charge in [-0.05, 0) is 92.9 Å². The van der Waals surface area contributed by atoms with Gasteiger partial charge in [-0.1, -0.05) is 24.3 Å². The van der Waals surface area contributed by atoms with Gasteiger partial charge in [0.15, 0.2) is 0 Å². The molecule has 2 saturated carbocycles. The van der Waals surface area contributed by atoms with Crippen molar-refractivity contribution in [3.63, 3.8) is 0 Å². The van der Waals surface area contributed by atoms with Crippen molar-refractivity contribution in [1.29, 1.82) is 0 Å². The SMILES string of the molecule is OCCC1CC(CC2CC(CCO)CC(n3nc4ccccc4n3)C2O)C(O)C(n2nc3ccccc3n2)C1. The molecule has 0 saturated heterocycles. The Morgan fingerprint density at radius 1 is 0.590 bits per heavy atom. The first-order valence-corrected chi connectivity index (χ1v) is 14.2. The van der Waals surface area contributed by atoms with Crippen LogP contribution in [0.1, 0.15) is 57.0 Å². The lowest BCUT2D eigenvalue weighted by Gasteiger charge is -2.44. The minimum Gasteiger partial charge on any atom is -0.396 e. The van der Waals surface area contributed by atoms with E-state index in [1.165, 1.54) is 0 Å². The number of aliphatic hydroxyl groups excluding tert-OH is 4. The number of hydrogen-bond donors (Lipinski definition) is 4. The number of aliphatic hydroxyl groups is 4. The molecule has 4 N–H and O–H groups in total. The second-order valence-electron chi connectivity index (χ2n) is 11.6. The molecule has 0 bridgehead atoms. The average Bonchev–Trinajstić information content (AvgIpc) is 3.56. The van der Waals surface area contributed by atoms with E-state index in [0.29, 0.717) is 32.1 Å². The Labute approximate surface area is 227 Å². The highest BCUT2D eigenvalue weighted by molar-refractivity contribution is 5.73. The van der Waals surface area contributed by atoms with Crippen LogP contribution in [0, 0.1) is 23.7 Å². The molecule has 0 radical (unpaired) electrons. The van der Waals surface area contributed by atoms with E-state index in [1.807, 2.05) is 48.5 Å². The Bertz CT molecular complexity index is 1220. The van der Waals surface area contributed by atoms with Crippen LogP contribution in [-0.2, 0) is 0 Å². The molecule has 8 unspecified atom stereocenters. The molecule has 208 valence electrons. The van der Waals surface area contributed by atoms with Gasteiger partial charge in [-0.2, -0.15) is 30.0 Å². The van der Waals surface area contributed by atoms with E-state index in [9.17, 15) is 20.4 Å². The van der Waals surface area contributed by atoms with Crippen LogP contribution in [0.3, 0.4) is 0 Å². The summed E-state index contributed by atoms with van der Waals surface area (Å²) in [6, 6.07) is 14.8. The normalized spacial score (nSPS) is 31.7. The van der Waals surface area contributed by atoms with Crippen LogP contribution >= 0.6 is 0 Å². The highest BCUT2D eigenvalue weighted by Gasteiger charge is 2.44. The molecule has 0 amide bonds. The highest BCUT2D eigenvalue weighted by atomic mass is 16.3. The number of fused-ring (bicyclic) bond motifs is 2. The van der Waals surface area contributed by atoms with Gasteiger partial charge in [-0.25, -0.2) is 0 Å². The first-order chi connectivity index (χ1) is 19.0. The standard InChI is InChI=1S/C29H38N6O4/c36-11-9-18-13-20(28(38)26(15-18)34-30-22-5-1-2-6-23(22)31-34)17-21-14-19(10-12-37)16-27(29(21)39)35-32-24-7-3-4-8-25(24)33-35/h1-8,18-21,26-29,36-39H,9-17H2. The van der Waals surface area contributed by atoms with Crippen LogP contribution in [-0.4, -0.2) is 75.8 Å². The fourth-order valence-corrected chi connectivity index (χ4v) is 7.13. The Balaban J connectivity index is 1.26. The molecule has 8 atom stereocenters. The van der Waals surface area contributed by atoms with E-state index < -0.39 is 12.2 Å². The topological polar surface area (TPSA) is 142 Å². The molecule has 2 aliphatic rings. The van der Waals surface area contributed by atoms with Gasteiger partial charge < -0.3 is 20.4 Å². The van der Waals surface area contributed by atoms with Crippen molar-refractivity contribution in [2.24, 2.45) is 23.7 Å². The number of benzene rings is 2. The molecular formula is C29H38N6O4. The summed E-state index contributed by atoms with van der Waals surface area (Å²) in [6.45, 7) is 0.194. The molecule has 4 aromatic rings. The molecule has 2 aromatic heterocycles. The Hall–Kier alpha value is -2.92. The van der Waals surface area contributed by atoms with Gasteiger partial charge in [0.2, 0.25) is 0 Å². The molecular weight excluding hydrogens is 496 g/mol. The minimum absolute atomic E-state index is 0.0766. The smallest absolute Gasteiger partial charge is 0.113 e. The van der Waals surface area contributed by atoms with Crippen molar-refractivity contribution in [2.75, 3.05) is 13.2 Å². The van der Waals surface area contributed by atoms with E-state index in [0.717, 1.165) is 34.9 Å². The molecule has 39 heavy (non-hydrogen) atoms. The second-order valence-corrected chi connectivity index (χ2v) is 11.6. The van der Waals surface area contributed by atoms with Gasteiger partial charge in [0, 0.05) is 13.2 Å². The predicted molar refractivity (Wildman–Crippen MR) is 146 cm³/mol. The molecule has 2 aliphatic carbocycles. The van der Waals surface area contributed by atoms with Crippen molar-refractivity contribution in [2.45, 2.75) is 69.2 Å². The van der Waals surface area contributed by atoms with Gasteiger partial charge in [0.25, 0.3) is 0 Å². The lowest BCUT2D eigenvalue weighted by Crippen LogP contribution is -2.45. The van der Waals surface area contributed by atoms with Crippen molar-refractivity contribution in [1.82, 2.24) is 30.0 Å². The Kier molecular flexibility index (Phi) is 7.61. The first kappa shape index (κ1) is 26.3. The molecule has 0 spiro atoms. The van der Waals surface area contributed by atoms with Crippen LogP contribution in [0.25, 0.3) is 22.1 Å². The fourth-order valence-electron chi connectivity index (χ4n) is 7.13. The molecule has 2 heterocycles. The molecule has 2 fully saturated rings. The second kappa shape index (κ2) is 11.3. The van der Waals surface area contributed by atoms with Crippen molar-refractivity contribution < 1.29 is 20.4 Å². The van der Waals surface area contributed by atoms with Crippen LogP contribution in [0.4, 0.5) is 0 Å². The summed E-state index contributed by atoms with van der Waals surface area (Å²) in [5, 5.41) is 61.5. The maximum atomic E-state index is 11.6. The number of rotatable bonds is 8. The van der Waals surface area contributed by atoms with E-state index in [2.05, 4.69) is 20.4 Å². The summed E-state index contributed by atoms with van der Waals surface area (Å²) in [5.41, 5.74) is 3.17. The summed E-state index contributed by atoms with van der Waals surface area (Å²) < 4.78 is 0. The summed E-state index contributed by atoms with van der Waals surface area (Å²) in [7, 11) is 0. The van der Waals surface area contributed by atoms with Crippen molar-refractivity contribution in [3.8, 4) is 0 Å².